The second-order valence-electron chi connectivity index (χ2n) is 4.74. The molecule has 0 heterocycles. The third-order valence-electron chi connectivity index (χ3n) is 1.69. The van der Waals surface area contributed by atoms with Crippen molar-refractivity contribution in [2.45, 2.75) is 39.3 Å². The number of hydrogen-bond donors (Lipinski definition) is 3. The number of hydrogen-bond acceptors (Lipinski definition) is 4. The number of aliphatic hydroxyl groups is 1. The van der Waals surface area contributed by atoms with Gasteiger partial charge in [0.05, 0.1) is 19.3 Å². The lowest BCUT2D eigenvalue weighted by molar-refractivity contribution is -0.121. The molecule has 3 N–H and O–H groups in total. The maximum Gasteiger partial charge on any atom is 0.234 e. The molecule has 0 radical (unpaired) electrons. The van der Waals surface area contributed by atoms with Gasteiger partial charge in [0.25, 0.3) is 0 Å². The summed E-state index contributed by atoms with van der Waals surface area (Å²) in [7, 11) is 0. The maximum absolute atomic E-state index is 11.4. The largest absolute Gasteiger partial charge is 0.389 e. The first-order valence-corrected chi connectivity index (χ1v) is 5.62. The van der Waals surface area contributed by atoms with Gasteiger partial charge >= 0.3 is 0 Å². The van der Waals surface area contributed by atoms with Gasteiger partial charge in [-0.25, -0.2) is 0 Å². The summed E-state index contributed by atoms with van der Waals surface area (Å²) < 4.78 is 5.04. The first-order valence-electron chi connectivity index (χ1n) is 5.62. The van der Waals surface area contributed by atoms with Crippen LogP contribution in [0.2, 0.25) is 0 Å². The fraction of sp³-hybridized carbons (Fsp3) is 0.909. The van der Waals surface area contributed by atoms with Crippen LogP contribution in [0.5, 0.6) is 0 Å². The van der Waals surface area contributed by atoms with Crippen molar-refractivity contribution in [2.75, 3.05) is 26.3 Å². The minimum absolute atomic E-state index is 0.0730. The normalized spacial score (nSPS) is 13.6. The van der Waals surface area contributed by atoms with E-state index in [0.29, 0.717) is 19.8 Å². The molecule has 1 atom stereocenters. The Kier molecular flexibility index (Phi) is 7.29. The van der Waals surface area contributed by atoms with E-state index in [1.54, 1.807) is 0 Å². The second-order valence-corrected chi connectivity index (χ2v) is 4.74. The van der Waals surface area contributed by atoms with Crippen LogP contribution in [0.4, 0.5) is 0 Å². The van der Waals surface area contributed by atoms with Crippen molar-refractivity contribution in [1.82, 2.24) is 10.6 Å². The molecule has 0 aromatic heterocycles. The van der Waals surface area contributed by atoms with Crippen LogP contribution in [0.1, 0.15) is 27.7 Å². The molecule has 0 bridgehead atoms. The third-order valence-corrected chi connectivity index (χ3v) is 1.69. The van der Waals surface area contributed by atoms with E-state index in [-0.39, 0.29) is 18.0 Å². The summed E-state index contributed by atoms with van der Waals surface area (Å²) in [6, 6.07) is 0. The minimum atomic E-state index is -0.567. The van der Waals surface area contributed by atoms with Crippen LogP contribution < -0.4 is 10.6 Å². The molecule has 0 aliphatic heterocycles. The van der Waals surface area contributed by atoms with Crippen LogP contribution in [-0.2, 0) is 9.53 Å². The van der Waals surface area contributed by atoms with Gasteiger partial charge in [-0.3, -0.25) is 4.79 Å². The molecule has 1 unspecified atom stereocenters. The quantitative estimate of drug-likeness (QED) is 0.573. The van der Waals surface area contributed by atoms with Gasteiger partial charge in [-0.1, -0.05) is 0 Å². The van der Waals surface area contributed by atoms with Crippen molar-refractivity contribution in [1.29, 1.82) is 0 Å². The van der Waals surface area contributed by atoms with Gasteiger partial charge < -0.3 is 20.5 Å². The molecule has 16 heavy (non-hydrogen) atoms. The molecule has 0 rings (SSSR count). The predicted molar refractivity (Wildman–Crippen MR) is 63.3 cm³/mol. The fourth-order valence-electron chi connectivity index (χ4n) is 1.13. The molecular formula is C11H24N2O3. The first-order chi connectivity index (χ1) is 7.35. The third kappa shape index (κ3) is 9.89. The zero-order chi connectivity index (χ0) is 12.6. The van der Waals surface area contributed by atoms with E-state index in [2.05, 4.69) is 10.6 Å². The molecule has 0 saturated heterocycles. The number of aliphatic hydroxyl groups excluding tert-OH is 1. The zero-order valence-corrected chi connectivity index (χ0v) is 10.7. The summed E-state index contributed by atoms with van der Waals surface area (Å²) in [5.74, 6) is -0.0730. The van der Waals surface area contributed by atoms with Gasteiger partial charge in [0.1, 0.15) is 0 Å². The molecule has 0 aliphatic rings. The van der Waals surface area contributed by atoms with Crippen LogP contribution in [0, 0.1) is 0 Å². The molecule has 0 aliphatic carbocycles. The SMILES string of the molecule is CCOCC(O)CNCC(=O)NC(C)(C)C. The summed E-state index contributed by atoms with van der Waals surface area (Å²) in [5, 5.41) is 15.1. The van der Waals surface area contributed by atoms with Crippen LogP contribution in [0.15, 0.2) is 0 Å². The van der Waals surface area contributed by atoms with Crippen molar-refractivity contribution in [2.24, 2.45) is 0 Å². The Balaban J connectivity index is 3.54. The molecule has 5 nitrogen and oxygen atoms in total. The average Bonchev–Trinajstić information content (AvgIpc) is 2.11. The highest BCUT2D eigenvalue weighted by Gasteiger charge is 2.13. The molecule has 0 saturated carbocycles. The standard InChI is InChI=1S/C11H24N2O3/c1-5-16-8-9(14)6-12-7-10(15)13-11(2,3)4/h9,12,14H,5-8H2,1-4H3,(H,13,15). The molecule has 0 aromatic carbocycles. The van der Waals surface area contributed by atoms with E-state index >= 15 is 0 Å². The van der Waals surface area contributed by atoms with Crippen molar-refractivity contribution in [3.63, 3.8) is 0 Å². The van der Waals surface area contributed by atoms with E-state index in [4.69, 9.17) is 4.74 Å². The van der Waals surface area contributed by atoms with E-state index in [9.17, 15) is 9.90 Å². The minimum Gasteiger partial charge on any atom is -0.389 e. The van der Waals surface area contributed by atoms with Crippen molar-refractivity contribution in [3.05, 3.63) is 0 Å². The Morgan fingerprint density at radius 2 is 2.06 bits per heavy atom. The van der Waals surface area contributed by atoms with Gasteiger partial charge in [0, 0.05) is 18.7 Å². The number of ether oxygens (including phenoxy) is 1. The molecule has 96 valence electrons. The Hall–Kier alpha value is -0.650. The molecule has 5 heteroatoms. The molecular weight excluding hydrogens is 208 g/mol. The smallest absolute Gasteiger partial charge is 0.234 e. The van der Waals surface area contributed by atoms with E-state index in [1.807, 2.05) is 27.7 Å². The molecule has 0 spiro atoms. The predicted octanol–water partition coefficient (Wildman–Crippen LogP) is -0.112. The van der Waals surface area contributed by atoms with Crippen LogP contribution in [0.3, 0.4) is 0 Å². The number of nitrogens with one attached hydrogen (secondary N) is 2. The van der Waals surface area contributed by atoms with Gasteiger partial charge in [-0.05, 0) is 27.7 Å². The Labute approximate surface area is 97.6 Å². The maximum atomic E-state index is 11.4. The van der Waals surface area contributed by atoms with E-state index in [1.165, 1.54) is 0 Å². The van der Waals surface area contributed by atoms with Gasteiger partial charge in [0.15, 0.2) is 0 Å². The number of amides is 1. The van der Waals surface area contributed by atoms with Gasteiger partial charge in [-0.15, -0.1) is 0 Å². The summed E-state index contributed by atoms with van der Waals surface area (Å²) >= 11 is 0. The van der Waals surface area contributed by atoms with Gasteiger partial charge in [-0.2, -0.15) is 0 Å². The van der Waals surface area contributed by atoms with Gasteiger partial charge in [0.2, 0.25) is 5.91 Å². The van der Waals surface area contributed by atoms with Crippen molar-refractivity contribution in [3.8, 4) is 0 Å². The van der Waals surface area contributed by atoms with E-state index < -0.39 is 6.10 Å². The van der Waals surface area contributed by atoms with Crippen molar-refractivity contribution >= 4 is 5.91 Å². The van der Waals surface area contributed by atoms with Crippen molar-refractivity contribution < 1.29 is 14.6 Å². The molecule has 0 aromatic rings. The van der Waals surface area contributed by atoms with Crippen LogP contribution in [0.25, 0.3) is 0 Å². The highest BCUT2D eigenvalue weighted by atomic mass is 16.5. The number of carbonyl (C=O) groups excluding carboxylic acids is 1. The monoisotopic (exact) mass is 232 g/mol. The van der Waals surface area contributed by atoms with Crippen LogP contribution in [-0.4, -0.2) is 49.0 Å². The van der Waals surface area contributed by atoms with Crippen LogP contribution >= 0.6 is 0 Å². The molecule has 1 amide bonds. The summed E-state index contributed by atoms with van der Waals surface area (Å²) in [6.07, 6.45) is -0.567. The topological polar surface area (TPSA) is 70.6 Å². The Morgan fingerprint density at radius 1 is 1.44 bits per heavy atom. The summed E-state index contributed by atoms with van der Waals surface area (Å²) in [6.45, 7) is 9.10. The second kappa shape index (κ2) is 7.60. The first kappa shape index (κ1) is 15.3. The lowest BCUT2D eigenvalue weighted by Gasteiger charge is -2.20. The molecule has 0 fully saturated rings. The number of rotatable bonds is 7. The Bertz CT molecular complexity index is 202. The average molecular weight is 232 g/mol. The Morgan fingerprint density at radius 3 is 2.56 bits per heavy atom. The summed E-state index contributed by atoms with van der Waals surface area (Å²) in [4.78, 5) is 11.4. The highest BCUT2D eigenvalue weighted by molar-refractivity contribution is 5.78. The lowest BCUT2D eigenvalue weighted by atomic mass is 10.1. The number of carbonyl (C=O) groups is 1. The van der Waals surface area contributed by atoms with E-state index in [0.717, 1.165) is 0 Å². The highest BCUT2D eigenvalue weighted by Crippen LogP contribution is 1.97. The lowest BCUT2D eigenvalue weighted by Crippen LogP contribution is -2.46. The summed E-state index contributed by atoms with van der Waals surface area (Å²) in [5.41, 5.74) is -0.220. The fourth-order valence-corrected chi connectivity index (χ4v) is 1.13. The zero-order valence-electron chi connectivity index (χ0n) is 10.7.